The van der Waals surface area contributed by atoms with Gasteiger partial charge in [-0.2, -0.15) is 0 Å². The Balaban J connectivity index is 1.64. The minimum absolute atomic E-state index is 0.0675. The number of carbonyl (C=O) groups is 2. The van der Waals surface area contributed by atoms with Gasteiger partial charge in [-0.15, -0.1) is 0 Å². The molecular formula is C22H21N3O5S. The Morgan fingerprint density at radius 1 is 1.13 bits per heavy atom. The summed E-state index contributed by atoms with van der Waals surface area (Å²) >= 11 is 0.854. The van der Waals surface area contributed by atoms with Crippen LogP contribution in [0.15, 0.2) is 47.4 Å². The molecule has 2 fully saturated rings. The number of aryl methyl sites for hydroxylation is 1. The predicted octanol–water partition coefficient (Wildman–Crippen LogP) is 3.98. The van der Waals surface area contributed by atoms with Crippen LogP contribution in [0, 0.1) is 17.0 Å². The minimum atomic E-state index is -0.469. The average molecular weight is 439 g/mol. The molecular weight excluding hydrogens is 418 g/mol. The van der Waals surface area contributed by atoms with Crippen molar-refractivity contribution >= 4 is 40.4 Å². The lowest BCUT2D eigenvalue weighted by molar-refractivity contribution is -0.384. The van der Waals surface area contributed by atoms with Gasteiger partial charge in [0.05, 0.1) is 29.6 Å². The van der Waals surface area contributed by atoms with Crippen molar-refractivity contribution in [1.29, 1.82) is 0 Å². The molecule has 2 saturated heterocycles. The molecule has 0 spiro atoms. The minimum Gasteiger partial charge on any atom is -0.378 e. The fourth-order valence-corrected chi connectivity index (χ4v) is 4.35. The first-order valence-electron chi connectivity index (χ1n) is 9.84. The molecule has 8 nitrogen and oxygen atoms in total. The summed E-state index contributed by atoms with van der Waals surface area (Å²) in [5.74, 6) is -0.394. The van der Waals surface area contributed by atoms with Crippen molar-refractivity contribution in [3.05, 3.63) is 74.2 Å². The van der Waals surface area contributed by atoms with E-state index in [1.807, 2.05) is 31.2 Å². The van der Waals surface area contributed by atoms with Gasteiger partial charge in [0.25, 0.3) is 16.8 Å². The molecule has 4 rings (SSSR count). The summed E-state index contributed by atoms with van der Waals surface area (Å²) in [4.78, 5) is 39.8. The smallest absolute Gasteiger partial charge is 0.293 e. The van der Waals surface area contributed by atoms with E-state index in [2.05, 4.69) is 4.90 Å². The molecule has 2 amide bonds. The van der Waals surface area contributed by atoms with Crippen molar-refractivity contribution in [2.24, 2.45) is 0 Å². The van der Waals surface area contributed by atoms with Gasteiger partial charge in [0.2, 0.25) is 0 Å². The standard InChI is InChI=1S/C22H21N3O5S/c1-15-2-4-16(5-3-15)14-24-21(26)20(31-22(24)27)13-17-12-18(25(28)29)6-7-19(17)23-8-10-30-11-9-23/h2-7,12-13H,8-11,14H2,1H3/b20-13-. The zero-order valence-corrected chi connectivity index (χ0v) is 17.8. The molecule has 0 atom stereocenters. The maximum atomic E-state index is 12.9. The molecule has 2 aliphatic heterocycles. The first-order chi connectivity index (χ1) is 14.9. The molecule has 0 bridgehead atoms. The molecule has 2 aromatic carbocycles. The van der Waals surface area contributed by atoms with Gasteiger partial charge < -0.3 is 9.64 Å². The number of nitrogens with zero attached hydrogens (tertiary/aromatic N) is 3. The van der Waals surface area contributed by atoms with E-state index in [9.17, 15) is 19.7 Å². The Labute approximate surface area is 183 Å². The van der Waals surface area contributed by atoms with Crippen molar-refractivity contribution in [3.63, 3.8) is 0 Å². The summed E-state index contributed by atoms with van der Waals surface area (Å²) in [6, 6.07) is 12.2. The summed E-state index contributed by atoms with van der Waals surface area (Å²) in [6.07, 6.45) is 1.58. The fourth-order valence-electron chi connectivity index (χ4n) is 3.52. The second-order valence-corrected chi connectivity index (χ2v) is 8.35. The van der Waals surface area contributed by atoms with Crippen LogP contribution in [0.4, 0.5) is 16.2 Å². The van der Waals surface area contributed by atoms with Crippen LogP contribution < -0.4 is 4.90 Å². The van der Waals surface area contributed by atoms with E-state index in [0.717, 1.165) is 28.6 Å². The number of ether oxygens (including phenoxy) is 1. The molecule has 31 heavy (non-hydrogen) atoms. The zero-order chi connectivity index (χ0) is 22.0. The number of morpholine rings is 1. The van der Waals surface area contributed by atoms with Gasteiger partial charge in [-0.3, -0.25) is 24.6 Å². The fraction of sp³-hybridized carbons (Fsp3) is 0.273. The van der Waals surface area contributed by atoms with Crippen LogP contribution in [0.1, 0.15) is 16.7 Å². The van der Waals surface area contributed by atoms with Crippen molar-refractivity contribution in [1.82, 2.24) is 4.90 Å². The maximum Gasteiger partial charge on any atom is 0.293 e. The Kier molecular flexibility index (Phi) is 6.06. The first-order valence-corrected chi connectivity index (χ1v) is 10.7. The second-order valence-electron chi connectivity index (χ2n) is 7.35. The predicted molar refractivity (Wildman–Crippen MR) is 119 cm³/mol. The van der Waals surface area contributed by atoms with E-state index in [4.69, 9.17) is 4.74 Å². The normalized spacial score (nSPS) is 18.2. The Morgan fingerprint density at radius 2 is 1.84 bits per heavy atom. The number of thioether (sulfide) groups is 1. The van der Waals surface area contributed by atoms with Crippen LogP contribution in [0.25, 0.3) is 6.08 Å². The number of benzene rings is 2. The molecule has 0 unspecified atom stereocenters. The monoisotopic (exact) mass is 439 g/mol. The molecule has 0 aromatic heterocycles. The van der Waals surface area contributed by atoms with Gasteiger partial charge in [-0.25, -0.2) is 0 Å². The van der Waals surface area contributed by atoms with Crippen LogP contribution in [0.5, 0.6) is 0 Å². The highest BCUT2D eigenvalue weighted by Gasteiger charge is 2.35. The van der Waals surface area contributed by atoms with Crippen molar-refractivity contribution in [2.45, 2.75) is 13.5 Å². The summed E-state index contributed by atoms with van der Waals surface area (Å²) in [5.41, 5.74) is 3.20. The van der Waals surface area contributed by atoms with Gasteiger partial charge in [0.15, 0.2) is 0 Å². The number of amides is 2. The topological polar surface area (TPSA) is 93.0 Å². The van der Waals surface area contributed by atoms with Gasteiger partial charge in [-0.1, -0.05) is 29.8 Å². The Bertz CT molecular complexity index is 1060. The molecule has 2 heterocycles. The summed E-state index contributed by atoms with van der Waals surface area (Å²) in [6.45, 7) is 4.57. The van der Waals surface area contributed by atoms with E-state index in [0.29, 0.717) is 31.9 Å². The number of imide groups is 1. The summed E-state index contributed by atoms with van der Waals surface area (Å²) in [5, 5.41) is 10.9. The van der Waals surface area contributed by atoms with Crippen LogP contribution in [0.2, 0.25) is 0 Å². The summed E-state index contributed by atoms with van der Waals surface area (Å²) in [7, 11) is 0. The van der Waals surface area contributed by atoms with Crippen molar-refractivity contribution in [3.8, 4) is 0 Å². The number of carbonyl (C=O) groups excluding carboxylic acids is 2. The number of hydrogen-bond donors (Lipinski definition) is 0. The third-order valence-electron chi connectivity index (χ3n) is 5.20. The highest BCUT2D eigenvalue weighted by Crippen LogP contribution is 2.36. The highest BCUT2D eigenvalue weighted by atomic mass is 32.2. The third-order valence-corrected chi connectivity index (χ3v) is 6.10. The number of rotatable bonds is 5. The number of nitro benzene ring substituents is 1. The molecule has 0 radical (unpaired) electrons. The molecule has 2 aromatic rings. The van der Waals surface area contributed by atoms with Gasteiger partial charge in [-0.05, 0) is 36.4 Å². The largest absolute Gasteiger partial charge is 0.378 e. The van der Waals surface area contributed by atoms with Gasteiger partial charge >= 0.3 is 0 Å². The maximum absolute atomic E-state index is 12.9. The van der Waals surface area contributed by atoms with Crippen molar-refractivity contribution in [2.75, 3.05) is 31.2 Å². The Morgan fingerprint density at radius 3 is 2.52 bits per heavy atom. The molecule has 9 heteroatoms. The lowest BCUT2D eigenvalue weighted by Gasteiger charge is -2.30. The Hall–Kier alpha value is -3.17. The number of nitro groups is 1. The van der Waals surface area contributed by atoms with E-state index in [-0.39, 0.29) is 22.4 Å². The highest BCUT2D eigenvalue weighted by molar-refractivity contribution is 8.18. The lowest BCUT2D eigenvalue weighted by atomic mass is 10.1. The van der Waals surface area contributed by atoms with Gasteiger partial charge in [0.1, 0.15) is 0 Å². The number of anilines is 1. The van der Waals surface area contributed by atoms with E-state index >= 15 is 0 Å². The lowest BCUT2D eigenvalue weighted by Crippen LogP contribution is -2.36. The zero-order valence-electron chi connectivity index (χ0n) is 16.9. The van der Waals surface area contributed by atoms with Crippen LogP contribution in [-0.2, 0) is 16.1 Å². The van der Waals surface area contributed by atoms with Crippen LogP contribution in [-0.4, -0.2) is 47.3 Å². The van der Waals surface area contributed by atoms with Gasteiger partial charge in [0, 0.05) is 36.5 Å². The third kappa shape index (κ3) is 4.62. The molecule has 2 aliphatic rings. The summed E-state index contributed by atoms with van der Waals surface area (Å²) < 4.78 is 5.39. The SMILES string of the molecule is Cc1ccc(CN2C(=O)S/C(=C\c3cc([N+](=O)[O-])ccc3N3CCOCC3)C2=O)cc1. The number of non-ortho nitro benzene ring substituents is 1. The van der Waals surface area contributed by atoms with E-state index < -0.39 is 10.8 Å². The first kappa shape index (κ1) is 21.1. The molecule has 0 aliphatic carbocycles. The van der Waals surface area contributed by atoms with Crippen molar-refractivity contribution < 1.29 is 19.2 Å². The molecule has 0 N–H and O–H groups in total. The van der Waals surface area contributed by atoms with E-state index in [1.165, 1.54) is 17.0 Å². The van der Waals surface area contributed by atoms with E-state index in [1.54, 1.807) is 12.1 Å². The quantitative estimate of drug-likeness (QED) is 0.395. The second kappa shape index (κ2) is 8.91. The van der Waals surface area contributed by atoms with Crippen LogP contribution >= 0.6 is 11.8 Å². The average Bonchev–Trinajstić information content (AvgIpc) is 3.03. The molecule has 0 saturated carbocycles. The molecule has 160 valence electrons. The number of hydrogen-bond acceptors (Lipinski definition) is 7. The van der Waals surface area contributed by atoms with Crippen LogP contribution in [0.3, 0.4) is 0 Å².